The van der Waals surface area contributed by atoms with E-state index >= 15 is 0 Å². The number of hydrogen-bond donors (Lipinski definition) is 2. The number of thiophene rings is 1. The van der Waals surface area contributed by atoms with E-state index in [1.54, 1.807) is 0 Å². The molecule has 0 spiro atoms. The Morgan fingerprint density at radius 1 is 1.22 bits per heavy atom. The molecular formula is C17H28N2O3S. The van der Waals surface area contributed by atoms with Gasteiger partial charge in [0.25, 0.3) is 5.91 Å². The summed E-state index contributed by atoms with van der Waals surface area (Å²) in [6.45, 7) is 11.7. The molecule has 0 bridgehead atoms. The van der Waals surface area contributed by atoms with Gasteiger partial charge >= 0.3 is 6.09 Å². The van der Waals surface area contributed by atoms with E-state index in [0.717, 1.165) is 18.4 Å². The van der Waals surface area contributed by atoms with Gasteiger partial charge in [0.2, 0.25) is 0 Å². The second-order valence-electron chi connectivity index (χ2n) is 6.73. The van der Waals surface area contributed by atoms with Crippen molar-refractivity contribution in [1.29, 1.82) is 0 Å². The highest BCUT2D eigenvalue weighted by Gasteiger charge is 2.30. The van der Waals surface area contributed by atoms with Crippen LogP contribution in [0, 0.1) is 6.92 Å². The minimum absolute atomic E-state index is 0.0906. The lowest BCUT2D eigenvalue weighted by atomic mass is 9.92. The van der Waals surface area contributed by atoms with Crippen LogP contribution in [0.15, 0.2) is 11.4 Å². The molecule has 130 valence electrons. The molecule has 5 nitrogen and oxygen atoms in total. The first-order valence-corrected chi connectivity index (χ1v) is 8.84. The number of nitrogens with one attached hydrogen (secondary N) is 2. The summed E-state index contributed by atoms with van der Waals surface area (Å²) in [6.07, 6.45) is 0.968. The highest BCUT2D eigenvalue weighted by atomic mass is 32.1. The minimum Gasteiger partial charge on any atom is -0.444 e. The molecule has 2 amide bonds. The van der Waals surface area contributed by atoms with E-state index in [-0.39, 0.29) is 5.91 Å². The summed E-state index contributed by atoms with van der Waals surface area (Å²) in [5.74, 6) is -0.0906. The molecule has 0 fully saturated rings. The third kappa shape index (κ3) is 5.86. The van der Waals surface area contributed by atoms with Crippen LogP contribution in [0.1, 0.15) is 62.7 Å². The van der Waals surface area contributed by atoms with E-state index in [1.807, 2.05) is 53.0 Å². The Morgan fingerprint density at radius 2 is 1.83 bits per heavy atom. The Morgan fingerprint density at radius 3 is 2.26 bits per heavy atom. The summed E-state index contributed by atoms with van der Waals surface area (Å²) in [6, 6.07) is 1.93. The molecule has 0 aliphatic heterocycles. The van der Waals surface area contributed by atoms with Gasteiger partial charge in [-0.15, -0.1) is 11.3 Å². The summed E-state index contributed by atoms with van der Waals surface area (Å²) < 4.78 is 5.26. The smallest absolute Gasteiger partial charge is 0.407 e. The molecule has 23 heavy (non-hydrogen) atoms. The normalized spacial score (nSPS) is 11.9. The maximum Gasteiger partial charge on any atom is 0.407 e. The van der Waals surface area contributed by atoms with Gasteiger partial charge < -0.3 is 15.4 Å². The molecule has 1 aromatic rings. The fourth-order valence-corrected chi connectivity index (χ4v) is 3.00. The predicted molar refractivity (Wildman–Crippen MR) is 94.1 cm³/mol. The molecular weight excluding hydrogens is 312 g/mol. The number of ether oxygens (including phenoxy) is 1. The molecule has 6 heteroatoms. The standard InChI is InChI=1S/C17H28N2O3S/c1-7-17(8-2,11-18-15(21)22-16(4,5)6)19-14(20)13-12(3)9-10-23-13/h9-10H,7-8,11H2,1-6H3,(H,18,21)(H,19,20). The van der Waals surface area contributed by atoms with Crippen LogP contribution in [0.25, 0.3) is 0 Å². The SMILES string of the molecule is CCC(CC)(CNC(=O)OC(C)(C)C)NC(=O)c1sccc1C. The molecule has 0 aliphatic carbocycles. The zero-order valence-electron chi connectivity index (χ0n) is 14.9. The lowest BCUT2D eigenvalue weighted by Gasteiger charge is -2.33. The maximum atomic E-state index is 12.5. The summed E-state index contributed by atoms with van der Waals surface area (Å²) in [7, 11) is 0. The first kappa shape index (κ1) is 19.5. The molecule has 1 aromatic heterocycles. The maximum absolute atomic E-state index is 12.5. The number of aryl methyl sites for hydroxylation is 1. The lowest BCUT2D eigenvalue weighted by Crippen LogP contribution is -2.55. The topological polar surface area (TPSA) is 67.4 Å². The molecule has 2 N–H and O–H groups in total. The molecule has 0 aromatic carbocycles. The zero-order chi connectivity index (χ0) is 17.7. The highest BCUT2D eigenvalue weighted by Crippen LogP contribution is 2.20. The molecule has 1 rings (SSSR count). The van der Waals surface area contributed by atoms with E-state index in [1.165, 1.54) is 11.3 Å². The monoisotopic (exact) mass is 340 g/mol. The van der Waals surface area contributed by atoms with Crippen molar-refractivity contribution in [1.82, 2.24) is 10.6 Å². The van der Waals surface area contributed by atoms with Gasteiger partial charge in [-0.1, -0.05) is 13.8 Å². The van der Waals surface area contributed by atoms with Gasteiger partial charge in [-0.3, -0.25) is 4.79 Å². The van der Waals surface area contributed by atoms with Crippen molar-refractivity contribution in [3.05, 3.63) is 21.9 Å². The van der Waals surface area contributed by atoms with Gasteiger partial charge in [0.1, 0.15) is 5.60 Å². The van der Waals surface area contributed by atoms with Crippen LogP contribution < -0.4 is 10.6 Å². The van der Waals surface area contributed by atoms with E-state index in [0.29, 0.717) is 11.4 Å². The van der Waals surface area contributed by atoms with Gasteiger partial charge in [-0.05, 0) is 57.5 Å². The molecule has 1 heterocycles. The fourth-order valence-electron chi connectivity index (χ4n) is 2.18. The van der Waals surface area contributed by atoms with Crippen LogP contribution in [-0.4, -0.2) is 29.7 Å². The number of alkyl carbamates (subject to hydrolysis) is 1. The molecule has 0 aliphatic rings. The van der Waals surface area contributed by atoms with Crippen LogP contribution in [0.4, 0.5) is 4.79 Å². The quantitative estimate of drug-likeness (QED) is 0.826. The third-order valence-corrected chi connectivity index (χ3v) is 4.79. The van der Waals surface area contributed by atoms with Crippen molar-refractivity contribution in [3.63, 3.8) is 0 Å². The molecule has 0 unspecified atom stereocenters. The Kier molecular flexibility index (Phi) is 6.62. The Labute approximate surface area is 142 Å². The predicted octanol–water partition coefficient (Wildman–Crippen LogP) is 3.87. The first-order chi connectivity index (χ1) is 10.6. The first-order valence-electron chi connectivity index (χ1n) is 7.96. The fraction of sp³-hybridized carbons (Fsp3) is 0.647. The summed E-state index contributed by atoms with van der Waals surface area (Å²) in [4.78, 5) is 25.1. The number of carbonyl (C=O) groups is 2. The van der Waals surface area contributed by atoms with Crippen molar-refractivity contribution in [2.45, 2.75) is 65.5 Å². The van der Waals surface area contributed by atoms with Gasteiger partial charge in [-0.25, -0.2) is 4.79 Å². The van der Waals surface area contributed by atoms with Crippen molar-refractivity contribution in [2.24, 2.45) is 0 Å². The third-order valence-electron chi connectivity index (χ3n) is 3.77. The zero-order valence-corrected chi connectivity index (χ0v) is 15.7. The number of hydrogen-bond acceptors (Lipinski definition) is 4. The molecule has 0 saturated carbocycles. The van der Waals surface area contributed by atoms with E-state index < -0.39 is 17.2 Å². The van der Waals surface area contributed by atoms with Crippen molar-refractivity contribution in [2.75, 3.05) is 6.54 Å². The van der Waals surface area contributed by atoms with Crippen LogP contribution in [0.3, 0.4) is 0 Å². The molecule has 0 atom stereocenters. The number of carbonyl (C=O) groups excluding carboxylic acids is 2. The van der Waals surface area contributed by atoms with Gasteiger partial charge in [0.15, 0.2) is 0 Å². The van der Waals surface area contributed by atoms with Crippen LogP contribution in [-0.2, 0) is 4.74 Å². The van der Waals surface area contributed by atoms with Crippen molar-refractivity contribution < 1.29 is 14.3 Å². The van der Waals surface area contributed by atoms with Crippen LogP contribution in [0.2, 0.25) is 0 Å². The minimum atomic E-state index is -0.539. The lowest BCUT2D eigenvalue weighted by molar-refractivity contribution is 0.0502. The molecule has 0 saturated heterocycles. The second kappa shape index (κ2) is 7.81. The Bertz CT molecular complexity index is 542. The van der Waals surface area contributed by atoms with E-state index in [2.05, 4.69) is 10.6 Å². The number of rotatable bonds is 6. The summed E-state index contributed by atoms with van der Waals surface area (Å²) >= 11 is 1.43. The summed E-state index contributed by atoms with van der Waals surface area (Å²) in [5.41, 5.74) is -0.0545. The highest BCUT2D eigenvalue weighted by molar-refractivity contribution is 7.12. The van der Waals surface area contributed by atoms with Gasteiger partial charge in [0.05, 0.1) is 10.4 Å². The van der Waals surface area contributed by atoms with Crippen molar-refractivity contribution in [3.8, 4) is 0 Å². The summed E-state index contributed by atoms with van der Waals surface area (Å²) in [5, 5.41) is 7.77. The molecule has 0 radical (unpaired) electrons. The van der Waals surface area contributed by atoms with Gasteiger partial charge in [-0.2, -0.15) is 0 Å². The van der Waals surface area contributed by atoms with Crippen LogP contribution >= 0.6 is 11.3 Å². The largest absolute Gasteiger partial charge is 0.444 e. The average Bonchev–Trinajstić information content (AvgIpc) is 2.88. The van der Waals surface area contributed by atoms with Crippen molar-refractivity contribution >= 4 is 23.3 Å². The van der Waals surface area contributed by atoms with E-state index in [9.17, 15) is 9.59 Å². The Balaban J connectivity index is 2.73. The van der Waals surface area contributed by atoms with Gasteiger partial charge in [0, 0.05) is 6.54 Å². The Hall–Kier alpha value is -1.56. The van der Waals surface area contributed by atoms with E-state index in [4.69, 9.17) is 4.74 Å². The second-order valence-corrected chi connectivity index (χ2v) is 7.65. The van der Waals surface area contributed by atoms with Crippen LogP contribution in [0.5, 0.6) is 0 Å². The average molecular weight is 340 g/mol. The number of amides is 2.